The van der Waals surface area contributed by atoms with Gasteiger partial charge in [-0.2, -0.15) is 4.98 Å². The molecular weight excluding hydrogens is 242 g/mol. The van der Waals surface area contributed by atoms with Crippen LogP contribution in [0.1, 0.15) is 0 Å². The van der Waals surface area contributed by atoms with Crippen LogP contribution in [-0.2, 0) is 4.74 Å². The van der Waals surface area contributed by atoms with E-state index < -0.39 is 0 Å². The number of nitrogens with zero attached hydrogens (tertiary/aromatic N) is 2. The molecule has 90 valence electrons. The van der Waals surface area contributed by atoms with Gasteiger partial charge in [-0.3, -0.25) is 0 Å². The summed E-state index contributed by atoms with van der Waals surface area (Å²) in [6.07, 6.45) is 0. The van der Waals surface area contributed by atoms with Crippen LogP contribution >= 0.6 is 11.6 Å². The van der Waals surface area contributed by atoms with Gasteiger partial charge in [0.1, 0.15) is 0 Å². The van der Waals surface area contributed by atoms with Gasteiger partial charge in [0.25, 0.3) is 0 Å². The number of nitrogens with one attached hydrogen (secondary N) is 1. The van der Waals surface area contributed by atoms with Crippen LogP contribution in [0.5, 0.6) is 0 Å². The summed E-state index contributed by atoms with van der Waals surface area (Å²) in [4.78, 5) is 4.19. The van der Waals surface area contributed by atoms with Gasteiger partial charge >= 0.3 is 6.01 Å². The van der Waals surface area contributed by atoms with E-state index in [2.05, 4.69) is 15.5 Å². The molecule has 1 aromatic carbocycles. The first-order valence-electron chi connectivity index (χ1n) is 5.12. The van der Waals surface area contributed by atoms with Gasteiger partial charge in [0.15, 0.2) is 0 Å². The number of hydrogen-bond donors (Lipinski definition) is 1. The maximum atomic E-state index is 5.80. The molecule has 0 saturated heterocycles. The molecule has 0 radical (unpaired) electrons. The molecule has 0 aliphatic rings. The van der Waals surface area contributed by atoms with Crippen molar-refractivity contribution in [2.45, 2.75) is 0 Å². The van der Waals surface area contributed by atoms with Crippen LogP contribution < -0.4 is 5.32 Å². The fourth-order valence-corrected chi connectivity index (χ4v) is 1.40. The zero-order valence-corrected chi connectivity index (χ0v) is 10.1. The summed E-state index contributed by atoms with van der Waals surface area (Å²) < 4.78 is 9.94. The first-order chi connectivity index (χ1) is 8.29. The van der Waals surface area contributed by atoms with Gasteiger partial charge in [-0.05, 0) is 24.3 Å². The SMILES string of the molecule is COCCNc1nc(-c2ccc(Cl)cc2)no1. The maximum Gasteiger partial charge on any atom is 0.321 e. The molecule has 1 N–H and O–H groups in total. The normalized spacial score (nSPS) is 10.5. The topological polar surface area (TPSA) is 60.2 Å². The van der Waals surface area contributed by atoms with E-state index in [1.807, 2.05) is 12.1 Å². The zero-order valence-electron chi connectivity index (χ0n) is 9.31. The van der Waals surface area contributed by atoms with Crippen molar-refractivity contribution in [3.05, 3.63) is 29.3 Å². The molecule has 0 spiro atoms. The van der Waals surface area contributed by atoms with E-state index in [-0.39, 0.29) is 0 Å². The van der Waals surface area contributed by atoms with E-state index in [9.17, 15) is 0 Å². The third-order valence-electron chi connectivity index (χ3n) is 2.11. The van der Waals surface area contributed by atoms with Crippen molar-refractivity contribution < 1.29 is 9.26 Å². The number of aromatic nitrogens is 2. The van der Waals surface area contributed by atoms with Crippen LogP contribution in [0.15, 0.2) is 28.8 Å². The molecule has 2 rings (SSSR count). The van der Waals surface area contributed by atoms with Crippen molar-refractivity contribution in [2.75, 3.05) is 25.6 Å². The molecule has 0 aliphatic carbocycles. The lowest BCUT2D eigenvalue weighted by atomic mass is 10.2. The number of methoxy groups -OCH3 is 1. The summed E-state index contributed by atoms with van der Waals surface area (Å²) in [6.45, 7) is 1.21. The van der Waals surface area contributed by atoms with Gasteiger partial charge in [0, 0.05) is 24.2 Å². The minimum atomic E-state index is 0.381. The number of anilines is 1. The summed E-state index contributed by atoms with van der Waals surface area (Å²) in [5.41, 5.74) is 0.859. The molecule has 1 heterocycles. The molecule has 0 atom stereocenters. The Morgan fingerprint density at radius 3 is 2.82 bits per heavy atom. The summed E-state index contributed by atoms with van der Waals surface area (Å²) in [5, 5.41) is 7.49. The van der Waals surface area contributed by atoms with E-state index in [0.29, 0.717) is 30.0 Å². The van der Waals surface area contributed by atoms with Crippen LogP contribution in [0.4, 0.5) is 6.01 Å². The Hall–Kier alpha value is -1.59. The molecule has 0 fully saturated rings. The molecule has 0 bridgehead atoms. The zero-order chi connectivity index (χ0) is 12.1. The molecule has 0 amide bonds. The monoisotopic (exact) mass is 253 g/mol. The molecule has 6 heteroatoms. The molecule has 0 saturated carbocycles. The van der Waals surface area contributed by atoms with Crippen LogP contribution in [0.25, 0.3) is 11.4 Å². The summed E-state index contributed by atoms with van der Waals surface area (Å²) >= 11 is 5.80. The van der Waals surface area contributed by atoms with E-state index in [1.165, 1.54) is 0 Å². The minimum absolute atomic E-state index is 0.381. The number of hydrogen-bond acceptors (Lipinski definition) is 5. The Morgan fingerprint density at radius 2 is 2.12 bits per heavy atom. The first-order valence-corrected chi connectivity index (χ1v) is 5.50. The fraction of sp³-hybridized carbons (Fsp3) is 0.273. The molecule has 17 heavy (non-hydrogen) atoms. The summed E-state index contributed by atoms with van der Waals surface area (Å²) in [5.74, 6) is 0.529. The Morgan fingerprint density at radius 1 is 1.35 bits per heavy atom. The molecule has 0 unspecified atom stereocenters. The van der Waals surface area contributed by atoms with Crippen molar-refractivity contribution in [2.24, 2.45) is 0 Å². The Labute approximate surface area is 104 Å². The van der Waals surface area contributed by atoms with Crippen LogP contribution in [0.2, 0.25) is 5.02 Å². The predicted octanol–water partition coefficient (Wildman–Crippen LogP) is 2.45. The Kier molecular flexibility index (Phi) is 3.95. The lowest BCUT2D eigenvalue weighted by Crippen LogP contribution is -2.07. The smallest absolute Gasteiger partial charge is 0.321 e. The number of ether oxygens (including phenoxy) is 1. The van der Waals surface area contributed by atoms with Gasteiger partial charge in [-0.1, -0.05) is 16.8 Å². The van der Waals surface area contributed by atoms with E-state index in [4.69, 9.17) is 20.9 Å². The third kappa shape index (κ3) is 3.18. The van der Waals surface area contributed by atoms with Crippen molar-refractivity contribution in [1.82, 2.24) is 10.1 Å². The highest BCUT2D eigenvalue weighted by atomic mass is 35.5. The van der Waals surface area contributed by atoms with E-state index in [0.717, 1.165) is 5.56 Å². The maximum absolute atomic E-state index is 5.80. The molecule has 5 nitrogen and oxygen atoms in total. The first kappa shape index (κ1) is 11.9. The minimum Gasteiger partial charge on any atom is -0.383 e. The van der Waals surface area contributed by atoms with Gasteiger partial charge < -0.3 is 14.6 Å². The highest BCUT2D eigenvalue weighted by Gasteiger charge is 2.07. The second kappa shape index (κ2) is 5.65. The largest absolute Gasteiger partial charge is 0.383 e. The van der Waals surface area contributed by atoms with Crippen molar-refractivity contribution in [1.29, 1.82) is 0 Å². The Balaban J connectivity index is 2.04. The molecular formula is C11H12ClN3O2. The van der Waals surface area contributed by atoms with Gasteiger partial charge in [0.05, 0.1) is 6.61 Å². The standard InChI is InChI=1S/C11H12ClN3O2/c1-16-7-6-13-11-14-10(15-17-11)8-2-4-9(12)5-3-8/h2-5H,6-7H2,1H3,(H,13,14,15). The predicted molar refractivity (Wildman–Crippen MR) is 65.1 cm³/mol. The second-order valence-corrected chi connectivity index (χ2v) is 3.79. The van der Waals surface area contributed by atoms with Crippen molar-refractivity contribution >= 4 is 17.6 Å². The third-order valence-corrected chi connectivity index (χ3v) is 2.36. The number of halogens is 1. The number of rotatable bonds is 5. The van der Waals surface area contributed by atoms with Crippen molar-refractivity contribution in [3.8, 4) is 11.4 Å². The van der Waals surface area contributed by atoms with Gasteiger partial charge in [0.2, 0.25) is 5.82 Å². The molecule has 1 aromatic heterocycles. The summed E-state index contributed by atoms with van der Waals surface area (Å²) in [6, 6.07) is 7.63. The highest BCUT2D eigenvalue weighted by molar-refractivity contribution is 6.30. The van der Waals surface area contributed by atoms with Gasteiger partial charge in [-0.25, -0.2) is 0 Å². The second-order valence-electron chi connectivity index (χ2n) is 3.35. The highest BCUT2D eigenvalue weighted by Crippen LogP contribution is 2.19. The quantitative estimate of drug-likeness (QED) is 0.830. The van der Waals surface area contributed by atoms with E-state index >= 15 is 0 Å². The lowest BCUT2D eigenvalue weighted by molar-refractivity contribution is 0.210. The number of benzene rings is 1. The van der Waals surface area contributed by atoms with Crippen LogP contribution in [0, 0.1) is 0 Å². The average Bonchev–Trinajstić information content (AvgIpc) is 2.79. The van der Waals surface area contributed by atoms with Crippen LogP contribution in [-0.4, -0.2) is 30.4 Å². The molecule has 0 aliphatic heterocycles. The Bertz CT molecular complexity index is 470. The van der Waals surface area contributed by atoms with Gasteiger partial charge in [-0.15, -0.1) is 0 Å². The van der Waals surface area contributed by atoms with E-state index in [1.54, 1.807) is 19.2 Å². The van der Waals surface area contributed by atoms with Crippen molar-refractivity contribution in [3.63, 3.8) is 0 Å². The summed E-state index contributed by atoms with van der Waals surface area (Å²) in [7, 11) is 1.63. The lowest BCUT2D eigenvalue weighted by Gasteiger charge is -1.97. The van der Waals surface area contributed by atoms with Crippen LogP contribution in [0.3, 0.4) is 0 Å². The average molecular weight is 254 g/mol. The fourth-order valence-electron chi connectivity index (χ4n) is 1.27. The molecule has 2 aromatic rings.